The fraction of sp³-hybridized carbons (Fsp3) is 0.500. The van der Waals surface area contributed by atoms with Crippen molar-refractivity contribution >= 4 is 28.7 Å². The van der Waals surface area contributed by atoms with Crippen molar-refractivity contribution < 1.29 is 0 Å². The van der Waals surface area contributed by atoms with Crippen molar-refractivity contribution in [2.24, 2.45) is 5.92 Å². The van der Waals surface area contributed by atoms with Crippen LogP contribution in [-0.2, 0) is 6.42 Å². The average Bonchev–Trinajstić information content (AvgIpc) is 2.71. The van der Waals surface area contributed by atoms with Crippen LogP contribution in [0.2, 0.25) is 0 Å². The summed E-state index contributed by atoms with van der Waals surface area (Å²) < 4.78 is 0. The van der Waals surface area contributed by atoms with Crippen molar-refractivity contribution in [1.82, 2.24) is 15.0 Å². The molecular weight excluding hydrogens is 232 g/mol. The van der Waals surface area contributed by atoms with E-state index < -0.39 is 0 Å². The number of hydrogen-bond acceptors (Lipinski definition) is 4. The first-order valence-electron chi connectivity index (χ1n) is 6.00. The molecule has 0 saturated carbocycles. The number of imidazole rings is 1. The van der Waals surface area contributed by atoms with Crippen LogP contribution < -0.4 is 5.73 Å². The lowest BCUT2D eigenvalue weighted by Gasteiger charge is -2.19. The van der Waals surface area contributed by atoms with Crippen molar-refractivity contribution in [2.45, 2.75) is 19.3 Å². The van der Waals surface area contributed by atoms with E-state index in [-0.39, 0.29) is 0 Å². The molecule has 17 heavy (non-hydrogen) atoms. The monoisotopic (exact) mass is 248 g/mol. The number of thioether (sulfide) groups is 1. The second kappa shape index (κ2) is 4.56. The van der Waals surface area contributed by atoms with Gasteiger partial charge in [0.05, 0.1) is 5.52 Å². The highest BCUT2D eigenvalue weighted by Gasteiger charge is 2.16. The van der Waals surface area contributed by atoms with Gasteiger partial charge in [0.1, 0.15) is 11.6 Å². The smallest absolute Gasteiger partial charge is 0.179 e. The highest BCUT2D eigenvalue weighted by atomic mass is 32.2. The third-order valence-electron chi connectivity index (χ3n) is 3.24. The minimum atomic E-state index is 0.532. The lowest BCUT2D eigenvalue weighted by molar-refractivity contribution is 0.478. The first-order valence-corrected chi connectivity index (χ1v) is 7.15. The zero-order valence-corrected chi connectivity index (χ0v) is 10.5. The van der Waals surface area contributed by atoms with Gasteiger partial charge in [-0.1, -0.05) is 0 Å². The van der Waals surface area contributed by atoms with Crippen molar-refractivity contribution in [3.63, 3.8) is 0 Å². The van der Waals surface area contributed by atoms with Crippen LogP contribution in [0, 0.1) is 5.92 Å². The lowest BCUT2D eigenvalue weighted by atomic mass is 9.99. The van der Waals surface area contributed by atoms with Crippen LogP contribution >= 0.6 is 11.8 Å². The van der Waals surface area contributed by atoms with Gasteiger partial charge in [-0.15, -0.1) is 0 Å². The zero-order valence-electron chi connectivity index (χ0n) is 9.65. The third kappa shape index (κ3) is 2.39. The standard InChI is InChI=1S/C12H16N4S/c13-10-2-1-9-12(15-10)16-11(14-9)7-8-3-5-17-6-4-8/h1-2,8H,3-7H2,(H3,13,14,15,16). The number of nitrogen functional groups attached to an aromatic ring is 1. The first kappa shape index (κ1) is 10.9. The van der Waals surface area contributed by atoms with Gasteiger partial charge in [-0.3, -0.25) is 0 Å². The molecule has 1 aliphatic heterocycles. The van der Waals surface area contributed by atoms with Gasteiger partial charge in [0.25, 0.3) is 0 Å². The minimum absolute atomic E-state index is 0.532. The van der Waals surface area contributed by atoms with E-state index in [0.717, 1.165) is 29.3 Å². The number of nitrogens with two attached hydrogens (primary N) is 1. The Morgan fingerprint density at radius 1 is 1.29 bits per heavy atom. The molecule has 90 valence electrons. The first-order chi connectivity index (χ1) is 8.31. The van der Waals surface area contributed by atoms with Crippen molar-refractivity contribution in [3.05, 3.63) is 18.0 Å². The van der Waals surface area contributed by atoms with Gasteiger partial charge in [-0.25, -0.2) is 9.97 Å². The van der Waals surface area contributed by atoms with E-state index in [2.05, 4.69) is 26.7 Å². The fourth-order valence-electron chi connectivity index (χ4n) is 2.28. The summed E-state index contributed by atoms with van der Waals surface area (Å²) >= 11 is 2.06. The molecule has 0 radical (unpaired) electrons. The van der Waals surface area contributed by atoms with Crippen molar-refractivity contribution in [1.29, 1.82) is 0 Å². The predicted molar refractivity (Wildman–Crippen MR) is 72.1 cm³/mol. The normalized spacial score (nSPS) is 17.6. The molecule has 2 aromatic rings. The molecule has 1 fully saturated rings. The van der Waals surface area contributed by atoms with Crippen LogP contribution in [0.5, 0.6) is 0 Å². The molecule has 3 heterocycles. The van der Waals surface area contributed by atoms with Gasteiger partial charge in [0.15, 0.2) is 5.65 Å². The molecule has 1 saturated heterocycles. The molecule has 3 rings (SSSR count). The molecular formula is C12H16N4S. The Kier molecular flexibility index (Phi) is 2.93. The quantitative estimate of drug-likeness (QED) is 0.855. The van der Waals surface area contributed by atoms with Crippen LogP contribution in [0.25, 0.3) is 11.2 Å². The summed E-state index contributed by atoms with van der Waals surface area (Å²) in [7, 11) is 0. The maximum atomic E-state index is 5.65. The molecule has 0 bridgehead atoms. The van der Waals surface area contributed by atoms with Gasteiger partial charge < -0.3 is 10.7 Å². The van der Waals surface area contributed by atoms with Gasteiger partial charge in [0.2, 0.25) is 0 Å². The number of nitrogens with one attached hydrogen (secondary N) is 1. The van der Waals surface area contributed by atoms with Gasteiger partial charge >= 0.3 is 0 Å². The SMILES string of the molecule is Nc1ccc2[nH]c(CC3CCSCC3)nc2n1. The molecule has 0 spiro atoms. The second-order valence-electron chi connectivity index (χ2n) is 4.55. The third-order valence-corrected chi connectivity index (χ3v) is 4.29. The van der Waals surface area contributed by atoms with Crippen molar-refractivity contribution in [3.8, 4) is 0 Å². The number of aromatic nitrogens is 3. The number of H-pyrrole nitrogens is 1. The summed E-state index contributed by atoms with van der Waals surface area (Å²) in [5.74, 6) is 4.93. The summed E-state index contributed by atoms with van der Waals surface area (Å²) in [6.45, 7) is 0. The van der Waals surface area contributed by atoms with E-state index in [1.165, 1.54) is 24.3 Å². The summed E-state index contributed by atoms with van der Waals surface area (Å²) in [6, 6.07) is 3.76. The Bertz CT molecular complexity index is 516. The van der Waals surface area contributed by atoms with Gasteiger partial charge in [-0.05, 0) is 42.4 Å². The van der Waals surface area contributed by atoms with Crippen LogP contribution in [0.4, 0.5) is 5.82 Å². The molecule has 2 aromatic heterocycles. The van der Waals surface area contributed by atoms with E-state index in [0.29, 0.717) is 5.82 Å². The summed E-state index contributed by atoms with van der Waals surface area (Å²) in [6.07, 6.45) is 3.64. The molecule has 0 aromatic carbocycles. The highest BCUT2D eigenvalue weighted by Crippen LogP contribution is 2.25. The maximum absolute atomic E-state index is 5.65. The number of nitrogens with zero attached hydrogens (tertiary/aromatic N) is 2. The molecule has 0 amide bonds. The molecule has 0 unspecified atom stereocenters. The molecule has 1 aliphatic rings. The van der Waals surface area contributed by atoms with Gasteiger partial charge in [0, 0.05) is 6.42 Å². The molecule has 0 atom stereocenters. The Labute approximate surface area is 104 Å². The molecule has 0 aliphatic carbocycles. The number of aromatic amines is 1. The fourth-order valence-corrected chi connectivity index (χ4v) is 3.48. The minimum Gasteiger partial charge on any atom is -0.384 e. The zero-order chi connectivity index (χ0) is 11.7. The van der Waals surface area contributed by atoms with E-state index >= 15 is 0 Å². The van der Waals surface area contributed by atoms with E-state index in [1.54, 1.807) is 0 Å². The van der Waals surface area contributed by atoms with Crippen molar-refractivity contribution in [2.75, 3.05) is 17.2 Å². The number of pyridine rings is 1. The molecule has 3 N–H and O–H groups in total. The maximum Gasteiger partial charge on any atom is 0.179 e. The van der Waals surface area contributed by atoms with Crippen LogP contribution in [0.3, 0.4) is 0 Å². The van der Waals surface area contributed by atoms with E-state index in [4.69, 9.17) is 5.73 Å². The summed E-state index contributed by atoms with van der Waals surface area (Å²) in [4.78, 5) is 12.1. The Balaban J connectivity index is 1.80. The Morgan fingerprint density at radius 2 is 2.12 bits per heavy atom. The molecule has 5 heteroatoms. The largest absolute Gasteiger partial charge is 0.384 e. The lowest BCUT2D eigenvalue weighted by Crippen LogP contribution is -2.12. The number of anilines is 1. The van der Waals surface area contributed by atoms with Crippen LogP contribution in [-0.4, -0.2) is 26.5 Å². The van der Waals surface area contributed by atoms with E-state index in [9.17, 15) is 0 Å². The molecule has 4 nitrogen and oxygen atoms in total. The van der Waals surface area contributed by atoms with E-state index in [1.807, 2.05) is 12.1 Å². The average molecular weight is 248 g/mol. The van der Waals surface area contributed by atoms with Crippen LogP contribution in [0.1, 0.15) is 18.7 Å². The van der Waals surface area contributed by atoms with Crippen LogP contribution in [0.15, 0.2) is 12.1 Å². The Hall–Kier alpha value is -1.23. The number of fused-ring (bicyclic) bond motifs is 1. The topological polar surface area (TPSA) is 67.6 Å². The Morgan fingerprint density at radius 3 is 2.94 bits per heavy atom. The number of rotatable bonds is 2. The summed E-state index contributed by atoms with van der Waals surface area (Å²) in [5, 5.41) is 0. The summed E-state index contributed by atoms with van der Waals surface area (Å²) in [5.41, 5.74) is 7.38. The van der Waals surface area contributed by atoms with Gasteiger partial charge in [-0.2, -0.15) is 11.8 Å². The highest BCUT2D eigenvalue weighted by molar-refractivity contribution is 7.99. The number of hydrogen-bond donors (Lipinski definition) is 2. The second-order valence-corrected chi connectivity index (χ2v) is 5.78. The predicted octanol–water partition coefficient (Wildman–Crippen LogP) is 2.23.